The molecule has 23 heavy (non-hydrogen) atoms. The normalized spacial score (nSPS) is 11.6. The number of hydrogen-bond acceptors (Lipinski definition) is 5. The van der Waals surface area contributed by atoms with E-state index in [2.05, 4.69) is 10.1 Å². The van der Waals surface area contributed by atoms with Crippen LogP contribution in [0, 0.1) is 5.82 Å². The van der Waals surface area contributed by atoms with Gasteiger partial charge in [0.2, 0.25) is 0 Å². The van der Waals surface area contributed by atoms with Crippen LogP contribution in [-0.2, 0) is 15.6 Å². The summed E-state index contributed by atoms with van der Waals surface area (Å²) in [6.07, 6.45) is 0. The average Bonchev–Trinajstić information content (AvgIpc) is 2.96. The molecule has 0 bridgehead atoms. The monoisotopic (exact) mass is 352 g/mol. The lowest BCUT2D eigenvalue weighted by Crippen LogP contribution is -2.06. The second kappa shape index (κ2) is 6.10. The molecule has 0 spiro atoms. The van der Waals surface area contributed by atoms with Crippen molar-refractivity contribution >= 4 is 21.4 Å². The third-order valence-corrected chi connectivity index (χ3v) is 4.93. The predicted octanol–water partition coefficient (Wildman–Crippen LogP) is 3.50. The molecule has 0 saturated carbocycles. The number of halogens is 2. The maximum absolute atomic E-state index is 12.9. The molecule has 0 atom stereocenters. The summed E-state index contributed by atoms with van der Waals surface area (Å²) in [7, 11) is -3.68. The molecule has 118 valence electrons. The number of rotatable bonds is 4. The summed E-state index contributed by atoms with van der Waals surface area (Å²) in [6, 6.07) is 11.3. The van der Waals surface area contributed by atoms with Crippen molar-refractivity contribution in [1.29, 1.82) is 0 Å². The van der Waals surface area contributed by atoms with E-state index in [1.807, 2.05) is 0 Å². The zero-order valence-corrected chi connectivity index (χ0v) is 13.2. The van der Waals surface area contributed by atoms with Crippen LogP contribution in [0.5, 0.6) is 0 Å². The zero-order chi connectivity index (χ0) is 16.4. The Bertz CT molecular complexity index is 922. The van der Waals surface area contributed by atoms with E-state index >= 15 is 0 Å². The number of aromatic nitrogens is 2. The van der Waals surface area contributed by atoms with Gasteiger partial charge in [-0.3, -0.25) is 0 Å². The first kappa shape index (κ1) is 15.6. The fourth-order valence-corrected chi connectivity index (χ4v) is 3.22. The lowest BCUT2D eigenvalue weighted by molar-refractivity contribution is 0.424. The molecule has 0 amide bonds. The van der Waals surface area contributed by atoms with Gasteiger partial charge in [0.25, 0.3) is 5.89 Å². The molecular formula is C15H10ClFN2O3S. The summed E-state index contributed by atoms with van der Waals surface area (Å²) in [4.78, 5) is 4.06. The molecule has 1 heterocycles. The average molecular weight is 353 g/mol. The van der Waals surface area contributed by atoms with Crippen molar-refractivity contribution in [2.75, 3.05) is 0 Å². The minimum Gasteiger partial charge on any atom is -0.334 e. The topological polar surface area (TPSA) is 73.1 Å². The second-order valence-electron chi connectivity index (χ2n) is 4.74. The summed E-state index contributed by atoms with van der Waals surface area (Å²) in [6.45, 7) is 0. The molecule has 8 heteroatoms. The smallest absolute Gasteiger partial charge is 0.257 e. The second-order valence-corrected chi connectivity index (χ2v) is 7.16. The summed E-state index contributed by atoms with van der Waals surface area (Å²) in [5, 5.41) is 4.23. The molecule has 0 saturated heterocycles. The van der Waals surface area contributed by atoms with Gasteiger partial charge in [0.15, 0.2) is 15.7 Å². The van der Waals surface area contributed by atoms with Crippen LogP contribution in [0.15, 0.2) is 57.9 Å². The van der Waals surface area contributed by atoms with Crippen molar-refractivity contribution in [2.24, 2.45) is 0 Å². The molecule has 0 aliphatic heterocycles. The van der Waals surface area contributed by atoms with Crippen LogP contribution < -0.4 is 0 Å². The highest BCUT2D eigenvalue weighted by molar-refractivity contribution is 7.90. The standard InChI is InChI=1S/C15H10ClFN2O3S/c16-11-3-1-10(2-4-11)15-18-14(19-22-15)9-23(20,21)13-7-5-12(17)6-8-13/h1-8H,9H2. The number of nitrogens with zero attached hydrogens (tertiary/aromatic N) is 2. The number of sulfone groups is 1. The van der Waals surface area contributed by atoms with Gasteiger partial charge in [-0.15, -0.1) is 0 Å². The third-order valence-electron chi connectivity index (χ3n) is 3.05. The first-order chi connectivity index (χ1) is 10.9. The van der Waals surface area contributed by atoms with Crippen LogP contribution >= 0.6 is 11.6 Å². The Labute approximate surface area is 136 Å². The fourth-order valence-electron chi connectivity index (χ4n) is 1.92. The highest BCUT2D eigenvalue weighted by Gasteiger charge is 2.20. The maximum Gasteiger partial charge on any atom is 0.257 e. The third kappa shape index (κ3) is 3.57. The quantitative estimate of drug-likeness (QED) is 0.672. The van der Waals surface area contributed by atoms with Gasteiger partial charge < -0.3 is 4.52 Å². The summed E-state index contributed by atoms with van der Waals surface area (Å²) in [5.74, 6) is -0.714. The van der Waals surface area contributed by atoms with E-state index in [9.17, 15) is 12.8 Å². The van der Waals surface area contributed by atoms with Crippen molar-refractivity contribution in [3.63, 3.8) is 0 Å². The summed E-state index contributed by atoms with van der Waals surface area (Å²) < 4.78 is 42.4. The van der Waals surface area contributed by atoms with E-state index < -0.39 is 21.4 Å². The van der Waals surface area contributed by atoms with Crippen LogP contribution in [0.4, 0.5) is 4.39 Å². The van der Waals surface area contributed by atoms with Gasteiger partial charge in [-0.25, -0.2) is 12.8 Å². The Balaban J connectivity index is 1.83. The highest BCUT2D eigenvalue weighted by atomic mass is 35.5. The Kier molecular flexibility index (Phi) is 4.14. The lowest BCUT2D eigenvalue weighted by Gasteiger charge is -2.00. The molecule has 1 aromatic heterocycles. The molecule has 3 rings (SSSR count). The minimum atomic E-state index is -3.68. The van der Waals surface area contributed by atoms with Crippen molar-refractivity contribution < 1.29 is 17.3 Å². The first-order valence-electron chi connectivity index (χ1n) is 6.51. The van der Waals surface area contributed by atoms with E-state index in [1.54, 1.807) is 24.3 Å². The van der Waals surface area contributed by atoms with Crippen LogP contribution in [0.1, 0.15) is 5.82 Å². The fraction of sp³-hybridized carbons (Fsp3) is 0.0667. The molecule has 0 fully saturated rings. The molecule has 5 nitrogen and oxygen atoms in total. The van der Waals surface area contributed by atoms with Crippen molar-refractivity contribution in [3.05, 3.63) is 65.2 Å². The van der Waals surface area contributed by atoms with E-state index in [1.165, 1.54) is 12.1 Å². The number of hydrogen-bond donors (Lipinski definition) is 0. The maximum atomic E-state index is 12.9. The van der Waals surface area contributed by atoms with Crippen LogP contribution in [0.2, 0.25) is 5.02 Å². The Hall–Kier alpha value is -2.25. The van der Waals surface area contributed by atoms with E-state index in [0.29, 0.717) is 10.6 Å². The van der Waals surface area contributed by atoms with Gasteiger partial charge >= 0.3 is 0 Å². The lowest BCUT2D eigenvalue weighted by atomic mass is 10.2. The molecule has 0 aliphatic rings. The van der Waals surface area contributed by atoms with Crippen molar-refractivity contribution in [3.8, 4) is 11.5 Å². The first-order valence-corrected chi connectivity index (χ1v) is 8.54. The molecule has 0 radical (unpaired) electrons. The van der Waals surface area contributed by atoms with Gasteiger partial charge in [0.05, 0.1) is 4.90 Å². The predicted molar refractivity (Wildman–Crippen MR) is 82.0 cm³/mol. The van der Waals surface area contributed by atoms with Gasteiger partial charge in [-0.1, -0.05) is 16.8 Å². The molecular weight excluding hydrogens is 343 g/mol. The molecule has 3 aromatic rings. The van der Waals surface area contributed by atoms with Crippen LogP contribution in [0.25, 0.3) is 11.5 Å². The highest BCUT2D eigenvalue weighted by Crippen LogP contribution is 2.21. The van der Waals surface area contributed by atoms with Gasteiger partial charge in [-0.2, -0.15) is 4.98 Å². The Morgan fingerprint density at radius 3 is 2.35 bits per heavy atom. The van der Waals surface area contributed by atoms with E-state index in [-0.39, 0.29) is 16.6 Å². The summed E-state index contributed by atoms with van der Waals surface area (Å²) >= 11 is 5.80. The molecule has 2 aromatic carbocycles. The largest absolute Gasteiger partial charge is 0.334 e. The molecule has 0 unspecified atom stereocenters. The van der Waals surface area contributed by atoms with Crippen LogP contribution in [-0.4, -0.2) is 18.6 Å². The molecule has 0 N–H and O–H groups in total. The Morgan fingerprint density at radius 1 is 1.04 bits per heavy atom. The van der Waals surface area contributed by atoms with Gasteiger partial charge in [0.1, 0.15) is 11.6 Å². The van der Waals surface area contributed by atoms with E-state index in [4.69, 9.17) is 16.1 Å². The van der Waals surface area contributed by atoms with Crippen LogP contribution in [0.3, 0.4) is 0 Å². The van der Waals surface area contributed by atoms with Gasteiger partial charge in [0, 0.05) is 10.6 Å². The Morgan fingerprint density at radius 2 is 1.70 bits per heavy atom. The van der Waals surface area contributed by atoms with Crippen molar-refractivity contribution in [2.45, 2.75) is 10.6 Å². The number of benzene rings is 2. The van der Waals surface area contributed by atoms with Crippen molar-refractivity contribution in [1.82, 2.24) is 10.1 Å². The molecule has 0 aliphatic carbocycles. The minimum absolute atomic E-state index is 0.00302. The summed E-state index contributed by atoms with van der Waals surface area (Å²) in [5.41, 5.74) is 0.632. The van der Waals surface area contributed by atoms with Gasteiger partial charge in [-0.05, 0) is 48.5 Å². The van der Waals surface area contributed by atoms with E-state index in [0.717, 1.165) is 12.1 Å². The SMILES string of the molecule is O=S(=O)(Cc1noc(-c2ccc(Cl)cc2)n1)c1ccc(F)cc1. The zero-order valence-electron chi connectivity index (χ0n) is 11.6.